The molecule has 2 rings (SSSR count). The Labute approximate surface area is 67.2 Å². The monoisotopic (exact) mass is 157 g/mol. The molecule has 0 atom stereocenters. The third-order valence-electron chi connectivity index (χ3n) is 2.60. The molecule has 3 nitrogen and oxygen atoms in total. The van der Waals surface area contributed by atoms with E-state index in [-0.39, 0.29) is 5.60 Å². The molecule has 0 N–H and O–H groups in total. The van der Waals surface area contributed by atoms with Crippen molar-refractivity contribution in [3.05, 3.63) is 0 Å². The summed E-state index contributed by atoms with van der Waals surface area (Å²) in [4.78, 5) is 10.9. The van der Waals surface area contributed by atoms with E-state index in [2.05, 4.69) is 0 Å². The maximum Gasteiger partial charge on any atom is 0.118 e. The van der Waals surface area contributed by atoms with Crippen LogP contribution in [0.5, 0.6) is 0 Å². The summed E-state index contributed by atoms with van der Waals surface area (Å²) in [5.41, 5.74) is 0.0486. The lowest BCUT2D eigenvalue weighted by Crippen LogP contribution is -2.34. The fourth-order valence-corrected chi connectivity index (χ4v) is 1.97. The van der Waals surface area contributed by atoms with Gasteiger partial charge in [0.1, 0.15) is 12.2 Å². The molecule has 64 valence electrons. The summed E-state index contributed by atoms with van der Waals surface area (Å²) in [6, 6.07) is 0. The first-order valence-electron chi connectivity index (χ1n) is 4.37. The Hall–Kier alpha value is -0.120. The van der Waals surface area contributed by atoms with Crippen molar-refractivity contribution in [2.45, 2.75) is 37.7 Å². The van der Waals surface area contributed by atoms with Gasteiger partial charge in [-0.1, -0.05) is 24.5 Å². The van der Waals surface area contributed by atoms with E-state index in [1.807, 2.05) is 7.05 Å². The molecule has 1 aliphatic heterocycles. The van der Waals surface area contributed by atoms with Crippen molar-refractivity contribution < 1.29 is 9.68 Å². The summed E-state index contributed by atoms with van der Waals surface area (Å²) >= 11 is 0. The zero-order chi connectivity index (χ0) is 7.73. The van der Waals surface area contributed by atoms with Gasteiger partial charge in [0.15, 0.2) is 0 Å². The molecule has 0 amide bonds. The fraction of sp³-hybridized carbons (Fsp3) is 1.00. The molecule has 2 aliphatic rings. The number of rotatable bonds is 0. The van der Waals surface area contributed by atoms with Crippen LogP contribution < -0.4 is 0 Å². The molecule has 0 bridgehead atoms. The molecule has 2 fully saturated rings. The zero-order valence-electron chi connectivity index (χ0n) is 7.01. The van der Waals surface area contributed by atoms with E-state index in [1.54, 1.807) is 0 Å². The molecule has 0 aromatic rings. The van der Waals surface area contributed by atoms with Crippen LogP contribution in [0.2, 0.25) is 0 Å². The second-order valence-electron chi connectivity index (χ2n) is 3.55. The van der Waals surface area contributed by atoms with Gasteiger partial charge >= 0.3 is 0 Å². The number of hydrogen-bond acceptors (Lipinski definition) is 3. The van der Waals surface area contributed by atoms with Crippen LogP contribution in [0, 0.1) is 0 Å². The quantitative estimate of drug-likeness (QED) is 0.532. The van der Waals surface area contributed by atoms with E-state index < -0.39 is 0 Å². The molecular weight excluding hydrogens is 142 g/mol. The van der Waals surface area contributed by atoms with Gasteiger partial charge in [0.05, 0.1) is 0 Å². The maximum absolute atomic E-state index is 5.60. The number of nitrogens with zero attached hydrogens (tertiary/aromatic N) is 1. The van der Waals surface area contributed by atoms with Crippen LogP contribution in [0.3, 0.4) is 0 Å². The lowest BCUT2D eigenvalue weighted by atomic mass is 9.86. The molecule has 1 spiro atoms. The Morgan fingerprint density at radius 2 is 1.91 bits per heavy atom. The van der Waals surface area contributed by atoms with Crippen LogP contribution >= 0.6 is 0 Å². The Balaban J connectivity index is 1.98. The minimum atomic E-state index is 0.0486. The minimum absolute atomic E-state index is 0.0486. The summed E-state index contributed by atoms with van der Waals surface area (Å²) in [6.07, 6.45) is 6.26. The first-order valence-corrected chi connectivity index (χ1v) is 4.37. The summed E-state index contributed by atoms with van der Waals surface area (Å²) in [7, 11) is 1.82. The third kappa shape index (κ3) is 1.41. The average Bonchev–Trinajstić information content (AvgIpc) is 2.34. The van der Waals surface area contributed by atoms with Gasteiger partial charge in [-0.15, -0.1) is 0 Å². The zero-order valence-corrected chi connectivity index (χ0v) is 7.01. The van der Waals surface area contributed by atoms with E-state index in [1.165, 1.54) is 24.5 Å². The predicted molar refractivity (Wildman–Crippen MR) is 40.6 cm³/mol. The van der Waals surface area contributed by atoms with E-state index in [4.69, 9.17) is 9.68 Å². The average molecular weight is 157 g/mol. The van der Waals surface area contributed by atoms with Crippen molar-refractivity contribution in [1.29, 1.82) is 0 Å². The van der Waals surface area contributed by atoms with Crippen molar-refractivity contribution in [3.8, 4) is 0 Å². The van der Waals surface area contributed by atoms with Crippen molar-refractivity contribution in [2.24, 2.45) is 0 Å². The van der Waals surface area contributed by atoms with Gasteiger partial charge < -0.3 is 0 Å². The van der Waals surface area contributed by atoms with Gasteiger partial charge in [-0.3, -0.25) is 9.68 Å². The molecule has 0 aromatic heterocycles. The number of hydroxylamine groups is 2. The second-order valence-corrected chi connectivity index (χ2v) is 3.55. The highest BCUT2D eigenvalue weighted by molar-refractivity contribution is 4.84. The molecule has 3 heteroatoms. The van der Waals surface area contributed by atoms with Crippen molar-refractivity contribution in [3.63, 3.8) is 0 Å². The van der Waals surface area contributed by atoms with Crippen LogP contribution in [0.15, 0.2) is 0 Å². The van der Waals surface area contributed by atoms with Crippen LogP contribution in [0.1, 0.15) is 32.1 Å². The highest BCUT2D eigenvalue weighted by Gasteiger charge is 2.40. The van der Waals surface area contributed by atoms with E-state index in [9.17, 15) is 0 Å². The number of hydrogen-bond donors (Lipinski definition) is 0. The first-order chi connectivity index (χ1) is 5.31. The largest absolute Gasteiger partial charge is 0.271 e. The predicted octanol–water partition coefficient (Wildman–Crippen LogP) is 1.50. The van der Waals surface area contributed by atoms with Gasteiger partial charge in [-0.05, 0) is 12.8 Å². The van der Waals surface area contributed by atoms with Crippen molar-refractivity contribution >= 4 is 0 Å². The van der Waals surface area contributed by atoms with Gasteiger partial charge in [-0.2, -0.15) is 0 Å². The van der Waals surface area contributed by atoms with Crippen LogP contribution in [0.25, 0.3) is 0 Å². The molecule has 1 heterocycles. The van der Waals surface area contributed by atoms with E-state index >= 15 is 0 Å². The van der Waals surface area contributed by atoms with Gasteiger partial charge in [0, 0.05) is 7.05 Å². The molecule has 0 radical (unpaired) electrons. The maximum atomic E-state index is 5.60. The van der Waals surface area contributed by atoms with Crippen LogP contribution in [-0.4, -0.2) is 24.5 Å². The molecule has 11 heavy (non-hydrogen) atoms. The topological polar surface area (TPSA) is 21.7 Å². The SMILES string of the molecule is CN1OCC2(CCCCC2)O1. The minimum Gasteiger partial charge on any atom is -0.271 e. The summed E-state index contributed by atoms with van der Waals surface area (Å²) in [6.45, 7) is 0.753. The van der Waals surface area contributed by atoms with Crippen molar-refractivity contribution in [2.75, 3.05) is 13.7 Å². The normalized spacial score (nSPS) is 31.4. The standard InChI is InChI=1S/C8H15NO2/c1-9-10-7-8(11-9)5-3-2-4-6-8/h2-7H2,1H3. The van der Waals surface area contributed by atoms with Crippen LogP contribution in [-0.2, 0) is 9.68 Å². The molecule has 0 aromatic carbocycles. The van der Waals surface area contributed by atoms with E-state index in [0.29, 0.717) is 0 Å². The molecular formula is C8H15NO2. The Kier molecular flexibility index (Phi) is 1.87. The lowest BCUT2D eigenvalue weighted by Gasteiger charge is -2.29. The summed E-state index contributed by atoms with van der Waals surface area (Å²) in [5.74, 6) is 0. The lowest BCUT2D eigenvalue weighted by molar-refractivity contribution is -0.306. The molecule has 1 aliphatic carbocycles. The third-order valence-corrected chi connectivity index (χ3v) is 2.60. The highest BCUT2D eigenvalue weighted by Crippen LogP contribution is 2.35. The van der Waals surface area contributed by atoms with Gasteiger partial charge in [0.2, 0.25) is 0 Å². The molecule has 0 unspecified atom stereocenters. The Bertz CT molecular complexity index is 138. The van der Waals surface area contributed by atoms with Crippen LogP contribution in [0.4, 0.5) is 0 Å². The van der Waals surface area contributed by atoms with Gasteiger partial charge in [-0.25, -0.2) is 0 Å². The highest BCUT2D eigenvalue weighted by atomic mass is 17.0. The first kappa shape index (κ1) is 7.53. The van der Waals surface area contributed by atoms with Crippen molar-refractivity contribution in [1.82, 2.24) is 5.23 Å². The summed E-state index contributed by atoms with van der Waals surface area (Å²) < 4.78 is 0. The van der Waals surface area contributed by atoms with E-state index in [0.717, 1.165) is 19.4 Å². The summed E-state index contributed by atoms with van der Waals surface area (Å²) in [5, 5.41) is 1.51. The molecule has 1 saturated heterocycles. The smallest absolute Gasteiger partial charge is 0.118 e. The Morgan fingerprint density at radius 3 is 2.45 bits per heavy atom. The fourth-order valence-electron chi connectivity index (χ4n) is 1.97. The van der Waals surface area contributed by atoms with Gasteiger partial charge in [0.25, 0.3) is 0 Å². The second kappa shape index (κ2) is 2.73. The molecule has 1 saturated carbocycles. The Morgan fingerprint density at radius 1 is 1.18 bits per heavy atom.